The minimum atomic E-state index is 0.217. The summed E-state index contributed by atoms with van der Waals surface area (Å²) in [6.07, 6.45) is 1.51. The predicted octanol–water partition coefficient (Wildman–Crippen LogP) is 2.99. The van der Waals surface area contributed by atoms with E-state index in [-0.39, 0.29) is 11.4 Å². The summed E-state index contributed by atoms with van der Waals surface area (Å²) < 4.78 is 11.0. The van der Waals surface area contributed by atoms with Crippen LogP contribution < -0.4 is 10.1 Å². The number of hydrogen-bond acceptors (Lipinski definition) is 8. The van der Waals surface area contributed by atoms with Gasteiger partial charge in [0.25, 0.3) is 0 Å². The summed E-state index contributed by atoms with van der Waals surface area (Å²) in [6, 6.07) is 15.0. The maximum absolute atomic E-state index is 9.20. The van der Waals surface area contributed by atoms with Crippen LogP contribution in [0.25, 0.3) is 28.1 Å². The number of aromatic nitrogens is 5. The van der Waals surface area contributed by atoms with Gasteiger partial charge in [-0.15, -0.1) is 10.2 Å². The van der Waals surface area contributed by atoms with Gasteiger partial charge in [0.2, 0.25) is 11.7 Å². The van der Waals surface area contributed by atoms with Gasteiger partial charge in [0.15, 0.2) is 5.58 Å². The van der Waals surface area contributed by atoms with Crippen LogP contribution in [-0.4, -0.2) is 32.7 Å². The molecule has 2 aromatic carbocycles. The number of oxazole rings is 1. The van der Waals surface area contributed by atoms with Gasteiger partial charge < -0.3 is 14.5 Å². The zero-order valence-electron chi connectivity index (χ0n) is 14.2. The second-order valence-corrected chi connectivity index (χ2v) is 5.48. The molecule has 0 spiro atoms. The summed E-state index contributed by atoms with van der Waals surface area (Å²) in [4.78, 5) is 4.52. The fourth-order valence-corrected chi connectivity index (χ4v) is 2.45. The number of nitrogens with zero attached hydrogens (tertiary/aromatic N) is 5. The molecule has 132 valence electrons. The molecule has 2 aromatic heterocycles. The maximum Gasteiger partial charge on any atom is 0.227 e. The normalized spacial score (nSPS) is 11.3. The van der Waals surface area contributed by atoms with Crippen molar-refractivity contribution in [2.24, 2.45) is 0 Å². The number of allylic oxidation sites excluding steroid dienone is 1. The first-order valence-electron chi connectivity index (χ1n) is 7.92. The molecular weight excluding hydrogens is 346 g/mol. The van der Waals surface area contributed by atoms with Crippen molar-refractivity contribution in [3.05, 3.63) is 54.5 Å². The fourth-order valence-electron chi connectivity index (χ4n) is 2.45. The van der Waals surface area contributed by atoms with Crippen molar-refractivity contribution in [2.45, 2.75) is 0 Å². The van der Waals surface area contributed by atoms with E-state index in [0.29, 0.717) is 17.0 Å². The van der Waals surface area contributed by atoms with Crippen LogP contribution in [0.1, 0.15) is 5.82 Å². The van der Waals surface area contributed by atoms with Gasteiger partial charge in [0.1, 0.15) is 22.9 Å². The summed E-state index contributed by atoms with van der Waals surface area (Å²) in [5, 5.41) is 25.6. The number of aromatic amines is 1. The third-order valence-electron chi connectivity index (χ3n) is 3.81. The third-order valence-corrected chi connectivity index (χ3v) is 3.81. The molecule has 0 fully saturated rings. The molecule has 4 aromatic rings. The Bertz CT molecular complexity index is 1140. The Kier molecular flexibility index (Phi) is 4.20. The maximum atomic E-state index is 9.20. The van der Waals surface area contributed by atoms with Gasteiger partial charge in [-0.05, 0) is 47.7 Å². The predicted molar refractivity (Wildman–Crippen MR) is 97.4 cm³/mol. The number of rotatable bonds is 5. The molecule has 27 heavy (non-hydrogen) atoms. The van der Waals surface area contributed by atoms with Crippen LogP contribution >= 0.6 is 0 Å². The fraction of sp³-hybridized carbons (Fsp3) is 0.0556. The number of benzene rings is 2. The van der Waals surface area contributed by atoms with E-state index >= 15 is 0 Å². The summed E-state index contributed by atoms with van der Waals surface area (Å²) in [5.74, 6) is 1.50. The van der Waals surface area contributed by atoms with E-state index < -0.39 is 0 Å². The van der Waals surface area contributed by atoms with Gasteiger partial charge >= 0.3 is 0 Å². The highest BCUT2D eigenvalue weighted by Gasteiger charge is 2.10. The molecule has 0 saturated carbocycles. The second kappa shape index (κ2) is 6.97. The van der Waals surface area contributed by atoms with Crippen molar-refractivity contribution in [1.82, 2.24) is 25.6 Å². The lowest BCUT2D eigenvalue weighted by Crippen LogP contribution is -1.92. The van der Waals surface area contributed by atoms with Gasteiger partial charge in [0, 0.05) is 17.5 Å². The van der Waals surface area contributed by atoms with Gasteiger partial charge in [-0.1, -0.05) is 0 Å². The molecule has 2 heterocycles. The van der Waals surface area contributed by atoms with E-state index in [0.717, 1.165) is 17.0 Å². The summed E-state index contributed by atoms with van der Waals surface area (Å²) in [5.41, 5.74) is 3.20. The van der Waals surface area contributed by atoms with E-state index in [1.54, 1.807) is 7.11 Å². The topological polar surface area (TPSA) is 126 Å². The standard InChI is InChI=1S/C18H13N7O2/c1-26-14-5-2-11(3-6-14)18-21-15-8-13(4-7-16(15)27-18)20-10-12(9-19)17-22-24-25-23-17/h2-8,10,20H,1H3,(H,22,23,24,25). The first-order valence-corrected chi connectivity index (χ1v) is 7.92. The summed E-state index contributed by atoms with van der Waals surface area (Å²) in [6.45, 7) is 0. The number of nitrogens with one attached hydrogen (secondary N) is 2. The number of anilines is 1. The monoisotopic (exact) mass is 359 g/mol. The number of hydrogen-bond donors (Lipinski definition) is 2. The molecule has 0 radical (unpaired) electrons. The molecule has 4 rings (SSSR count). The van der Waals surface area contributed by atoms with E-state index in [4.69, 9.17) is 9.15 Å². The Morgan fingerprint density at radius 3 is 2.81 bits per heavy atom. The Morgan fingerprint density at radius 2 is 2.11 bits per heavy atom. The molecule has 0 amide bonds. The molecule has 2 N–H and O–H groups in total. The van der Waals surface area contributed by atoms with Gasteiger partial charge in [0.05, 0.1) is 7.11 Å². The number of tetrazole rings is 1. The van der Waals surface area contributed by atoms with Crippen LogP contribution in [0.4, 0.5) is 5.69 Å². The minimum Gasteiger partial charge on any atom is -0.497 e. The van der Waals surface area contributed by atoms with Crippen molar-refractivity contribution in [1.29, 1.82) is 5.26 Å². The SMILES string of the molecule is COc1ccc(-c2nc3cc(NC=C(C#N)c4nn[nH]n4)ccc3o2)cc1. The minimum absolute atomic E-state index is 0.217. The van der Waals surface area contributed by atoms with E-state index in [1.807, 2.05) is 48.5 Å². The van der Waals surface area contributed by atoms with Crippen molar-refractivity contribution < 1.29 is 9.15 Å². The number of nitriles is 1. The van der Waals surface area contributed by atoms with E-state index in [1.165, 1.54) is 6.20 Å². The number of ether oxygens (including phenoxy) is 1. The zero-order chi connectivity index (χ0) is 18.6. The van der Waals surface area contributed by atoms with Crippen LogP contribution in [0, 0.1) is 11.3 Å². The van der Waals surface area contributed by atoms with Crippen LogP contribution in [0.15, 0.2) is 53.1 Å². The lowest BCUT2D eigenvalue weighted by Gasteiger charge is -2.00. The van der Waals surface area contributed by atoms with Crippen molar-refractivity contribution >= 4 is 22.4 Å². The first-order chi connectivity index (χ1) is 13.3. The number of H-pyrrole nitrogens is 1. The quantitative estimate of drug-likeness (QED) is 0.521. The lowest BCUT2D eigenvalue weighted by molar-refractivity contribution is 0.415. The van der Waals surface area contributed by atoms with E-state index in [2.05, 4.69) is 30.9 Å². The van der Waals surface area contributed by atoms with Gasteiger partial charge in [-0.2, -0.15) is 10.5 Å². The summed E-state index contributed by atoms with van der Waals surface area (Å²) >= 11 is 0. The molecule has 0 unspecified atom stereocenters. The van der Waals surface area contributed by atoms with Crippen LogP contribution in [-0.2, 0) is 0 Å². The average Bonchev–Trinajstić information content (AvgIpc) is 3.38. The second-order valence-electron chi connectivity index (χ2n) is 5.48. The van der Waals surface area contributed by atoms with Crippen molar-refractivity contribution in [2.75, 3.05) is 12.4 Å². The first kappa shape index (κ1) is 16.3. The van der Waals surface area contributed by atoms with E-state index in [9.17, 15) is 5.26 Å². The molecule has 0 bridgehead atoms. The molecule has 0 aliphatic rings. The van der Waals surface area contributed by atoms with Crippen molar-refractivity contribution in [3.8, 4) is 23.3 Å². The van der Waals surface area contributed by atoms with Crippen LogP contribution in [0.2, 0.25) is 0 Å². The molecule has 0 atom stereocenters. The highest BCUT2D eigenvalue weighted by Crippen LogP contribution is 2.27. The highest BCUT2D eigenvalue weighted by molar-refractivity contribution is 5.81. The van der Waals surface area contributed by atoms with Crippen molar-refractivity contribution in [3.63, 3.8) is 0 Å². The van der Waals surface area contributed by atoms with Gasteiger partial charge in [-0.3, -0.25) is 0 Å². The van der Waals surface area contributed by atoms with Crippen LogP contribution in [0.3, 0.4) is 0 Å². The average molecular weight is 359 g/mol. The summed E-state index contributed by atoms with van der Waals surface area (Å²) in [7, 11) is 1.62. The largest absolute Gasteiger partial charge is 0.497 e. The Balaban J connectivity index is 1.60. The lowest BCUT2D eigenvalue weighted by atomic mass is 10.2. The molecule has 0 aliphatic carbocycles. The highest BCUT2D eigenvalue weighted by atomic mass is 16.5. The molecular formula is C18H13N7O2. The smallest absolute Gasteiger partial charge is 0.227 e. The molecule has 0 aliphatic heterocycles. The number of methoxy groups -OCH3 is 1. The van der Waals surface area contributed by atoms with Gasteiger partial charge in [-0.25, -0.2) is 4.98 Å². The Labute approximate surface area is 153 Å². The Hall–Kier alpha value is -4.19. The third kappa shape index (κ3) is 3.32. The molecule has 9 heteroatoms. The van der Waals surface area contributed by atoms with Crippen LogP contribution in [0.5, 0.6) is 5.75 Å². The molecule has 0 saturated heterocycles. The Morgan fingerprint density at radius 1 is 1.26 bits per heavy atom. The zero-order valence-corrected chi connectivity index (χ0v) is 14.2. The molecule has 9 nitrogen and oxygen atoms in total. The number of fused-ring (bicyclic) bond motifs is 1.